The summed E-state index contributed by atoms with van der Waals surface area (Å²) in [6.07, 6.45) is 4.34. The van der Waals surface area contributed by atoms with E-state index in [0.29, 0.717) is 12.5 Å². The molecule has 1 amide bonds. The maximum atomic E-state index is 12.1. The minimum Gasteiger partial charge on any atom is -0.449 e. The molecule has 1 fully saturated rings. The van der Waals surface area contributed by atoms with Crippen LogP contribution in [0, 0.1) is 5.92 Å². The highest BCUT2D eigenvalue weighted by molar-refractivity contribution is 7.09. The SMILES string of the molecule is CCCCc1nc(CN2CCCN(C(=O)OCC(C)C)CC2)cs1. The van der Waals surface area contributed by atoms with Gasteiger partial charge >= 0.3 is 6.09 Å². The van der Waals surface area contributed by atoms with Crippen molar-refractivity contribution in [3.8, 4) is 0 Å². The van der Waals surface area contributed by atoms with E-state index in [1.165, 1.54) is 23.5 Å². The molecule has 1 aromatic heterocycles. The van der Waals surface area contributed by atoms with Crippen LogP contribution < -0.4 is 0 Å². The first kappa shape index (κ1) is 19.2. The van der Waals surface area contributed by atoms with Gasteiger partial charge in [0, 0.05) is 38.1 Å². The van der Waals surface area contributed by atoms with Crippen LogP contribution in [0.2, 0.25) is 0 Å². The van der Waals surface area contributed by atoms with Gasteiger partial charge in [0.2, 0.25) is 0 Å². The number of ether oxygens (including phenoxy) is 1. The van der Waals surface area contributed by atoms with Crippen molar-refractivity contribution >= 4 is 17.4 Å². The van der Waals surface area contributed by atoms with Gasteiger partial charge in [-0.2, -0.15) is 0 Å². The number of nitrogens with zero attached hydrogens (tertiary/aromatic N) is 3. The zero-order valence-electron chi connectivity index (χ0n) is 15.3. The van der Waals surface area contributed by atoms with Gasteiger partial charge in [0.15, 0.2) is 0 Å². The van der Waals surface area contributed by atoms with Crippen molar-refractivity contribution in [1.29, 1.82) is 0 Å². The van der Waals surface area contributed by atoms with Crippen LogP contribution >= 0.6 is 11.3 Å². The highest BCUT2D eigenvalue weighted by Crippen LogP contribution is 2.15. The second-order valence-corrected chi connectivity index (χ2v) is 7.87. The van der Waals surface area contributed by atoms with E-state index in [2.05, 4.69) is 31.1 Å². The number of carbonyl (C=O) groups excluding carboxylic acids is 1. The molecule has 6 heteroatoms. The van der Waals surface area contributed by atoms with E-state index in [-0.39, 0.29) is 6.09 Å². The smallest absolute Gasteiger partial charge is 0.409 e. The lowest BCUT2D eigenvalue weighted by Gasteiger charge is -2.21. The van der Waals surface area contributed by atoms with Crippen LogP contribution in [0.5, 0.6) is 0 Å². The second-order valence-electron chi connectivity index (χ2n) is 6.92. The van der Waals surface area contributed by atoms with Crippen molar-refractivity contribution in [2.45, 2.75) is 53.0 Å². The Labute approximate surface area is 150 Å². The fraction of sp³-hybridized carbons (Fsp3) is 0.778. The molecule has 1 aliphatic heterocycles. The summed E-state index contributed by atoms with van der Waals surface area (Å²) in [4.78, 5) is 21.1. The molecule has 0 saturated carbocycles. The van der Waals surface area contributed by atoms with E-state index in [1.54, 1.807) is 11.3 Å². The lowest BCUT2D eigenvalue weighted by Crippen LogP contribution is -2.36. The third-order valence-corrected chi connectivity index (χ3v) is 5.07. The van der Waals surface area contributed by atoms with Crippen LogP contribution in [-0.4, -0.2) is 53.7 Å². The molecule has 2 heterocycles. The first-order chi connectivity index (χ1) is 11.6. The van der Waals surface area contributed by atoms with Crippen LogP contribution in [0.3, 0.4) is 0 Å². The number of aromatic nitrogens is 1. The van der Waals surface area contributed by atoms with Gasteiger partial charge in [0.25, 0.3) is 0 Å². The molecule has 1 aliphatic rings. The lowest BCUT2D eigenvalue weighted by atomic mass is 10.2. The Morgan fingerprint density at radius 1 is 1.33 bits per heavy atom. The fourth-order valence-corrected chi connectivity index (χ4v) is 3.57. The molecule has 0 unspecified atom stereocenters. The van der Waals surface area contributed by atoms with E-state index in [1.807, 2.05) is 4.90 Å². The number of aryl methyl sites for hydroxylation is 1. The quantitative estimate of drug-likeness (QED) is 0.748. The predicted molar refractivity (Wildman–Crippen MR) is 98.4 cm³/mol. The summed E-state index contributed by atoms with van der Waals surface area (Å²) >= 11 is 1.78. The molecule has 1 aromatic rings. The molecule has 24 heavy (non-hydrogen) atoms. The third-order valence-electron chi connectivity index (χ3n) is 4.12. The Bertz CT molecular complexity index is 504. The number of carbonyl (C=O) groups is 1. The van der Waals surface area contributed by atoms with Crippen molar-refractivity contribution < 1.29 is 9.53 Å². The fourth-order valence-electron chi connectivity index (χ4n) is 2.73. The first-order valence-corrected chi connectivity index (χ1v) is 10.0. The predicted octanol–water partition coefficient (Wildman–Crippen LogP) is 3.79. The minimum atomic E-state index is -0.166. The zero-order valence-corrected chi connectivity index (χ0v) is 16.1. The number of unbranched alkanes of at least 4 members (excludes halogenated alkanes) is 1. The Morgan fingerprint density at radius 3 is 2.92 bits per heavy atom. The van der Waals surface area contributed by atoms with Gasteiger partial charge in [0.1, 0.15) is 0 Å². The van der Waals surface area contributed by atoms with Crippen LogP contribution in [0.4, 0.5) is 4.79 Å². The van der Waals surface area contributed by atoms with Crippen molar-refractivity contribution in [3.05, 3.63) is 16.1 Å². The molecular formula is C18H31N3O2S. The average Bonchev–Trinajstić information content (AvgIpc) is 2.87. The first-order valence-electron chi connectivity index (χ1n) is 9.15. The average molecular weight is 354 g/mol. The standard InChI is InChI=1S/C18H31N3O2S/c1-4-5-7-17-19-16(14-24-17)12-20-8-6-9-21(11-10-20)18(22)23-13-15(2)3/h14-15H,4-13H2,1-3H3. The number of thiazole rings is 1. The Morgan fingerprint density at radius 2 is 2.17 bits per heavy atom. The van der Waals surface area contributed by atoms with Crippen molar-refractivity contribution in [2.75, 3.05) is 32.8 Å². The molecule has 0 aliphatic carbocycles. The number of hydrogen-bond donors (Lipinski definition) is 0. The van der Waals surface area contributed by atoms with E-state index in [9.17, 15) is 4.79 Å². The highest BCUT2D eigenvalue weighted by Gasteiger charge is 2.21. The van der Waals surface area contributed by atoms with Gasteiger partial charge in [-0.05, 0) is 25.2 Å². The monoisotopic (exact) mass is 353 g/mol. The van der Waals surface area contributed by atoms with Gasteiger partial charge in [-0.25, -0.2) is 9.78 Å². The third kappa shape index (κ3) is 6.40. The molecule has 0 N–H and O–H groups in total. The normalized spacial score (nSPS) is 16.4. The second kappa shape index (κ2) is 9.99. The van der Waals surface area contributed by atoms with Crippen molar-refractivity contribution in [2.24, 2.45) is 5.92 Å². The molecule has 0 aromatic carbocycles. The Balaban J connectivity index is 1.78. The molecule has 0 atom stereocenters. The summed E-state index contributed by atoms with van der Waals surface area (Å²) in [5.74, 6) is 0.379. The van der Waals surface area contributed by atoms with E-state index >= 15 is 0 Å². The Kier molecular flexibility index (Phi) is 7.99. The summed E-state index contributed by atoms with van der Waals surface area (Å²) in [5, 5.41) is 3.44. The summed E-state index contributed by atoms with van der Waals surface area (Å²) in [6, 6.07) is 0. The van der Waals surface area contributed by atoms with Crippen LogP contribution in [0.25, 0.3) is 0 Å². The summed E-state index contributed by atoms with van der Waals surface area (Å²) in [5.41, 5.74) is 1.17. The van der Waals surface area contributed by atoms with Gasteiger partial charge in [0.05, 0.1) is 17.3 Å². The summed E-state index contributed by atoms with van der Waals surface area (Å²) < 4.78 is 5.35. The lowest BCUT2D eigenvalue weighted by molar-refractivity contribution is 0.0930. The van der Waals surface area contributed by atoms with Gasteiger partial charge in [-0.15, -0.1) is 11.3 Å². The van der Waals surface area contributed by atoms with Crippen molar-refractivity contribution in [1.82, 2.24) is 14.8 Å². The molecule has 1 saturated heterocycles. The number of hydrogen-bond acceptors (Lipinski definition) is 5. The summed E-state index contributed by atoms with van der Waals surface area (Å²) in [7, 11) is 0. The molecule has 5 nitrogen and oxygen atoms in total. The topological polar surface area (TPSA) is 45.7 Å². The van der Waals surface area contributed by atoms with Crippen LogP contribution in [0.15, 0.2) is 5.38 Å². The molecule has 0 spiro atoms. The van der Waals surface area contributed by atoms with Crippen molar-refractivity contribution in [3.63, 3.8) is 0 Å². The summed E-state index contributed by atoms with van der Waals surface area (Å²) in [6.45, 7) is 11.1. The maximum absolute atomic E-state index is 12.1. The van der Waals surface area contributed by atoms with E-state index in [4.69, 9.17) is 9.72 Å². The zero-order chi connectivity index (χ0) is 17.4. The van der Waals surface area contributed by atoms with Crippen LogP contribution in [0.1, 0.15) is 50.7 Å². The Hall–Kier alpha value is -1.14. The largest absolute Gasteiger partial charge is 0.449 e. The molecule has 136 valence electrons. The maximum Gasteiger partial charge on any atom is 0.409 e. The molecule has 0 radical (unpaired) electrons. The van der Waals surface area contributed by atoms with E-state index < -0.39 is 0 Å². The van der Waals surface area contributed by atoms with E-state index in [0.717, 1.165) is 45.6 Å². The number of amides is 1. The van der Waals surface area contributed by atoms with Gasteiger partial charge in [-0.1, -0.05) is 27.2 Å². The minimum absolute atomic E-state index is 0.166. The van der Waals surface area contributed by atoms with Gasteiger partial charge < -0.3 is 9.64 Å². The molecule has 0 bridgehead atoms. The molecular weight excluding hydrogens is 322 g/mol. The van der Waals surface area contributed by atoms with Gasteiger partial charge in [-0.3, -0.25) is 4.90 Å². The molecule has 2 rings (SSSR count). The van der Waals surface area contributed by atoms with Crippen LogP contribution in [-0.2, 0) is 17.7 Å². The highest BCUT2D eigenvalue weighted by atomic mass is 32.1. The number of rotatable bonds is 7.